The van der Waals surface area contributed by atoms with Crippen molar-refractivity contribution >= 4 is 37.5 Å². The molecule has 0 aliphatic heterocycles. The van der Waals surface area contributed by atoms with Gasteiger partial charge >= 0.3 is 0 Å². The first-order valence-corrected chi connectivity index (χ1v) is 13.5. The van der Waals surface area contributed by atoms with Gasteiger partial charge in [0.15, 0.2) is 4.80 Å². The zero-order chi connectivity index (χ0) is 26.3. The van der Waals surface area contributed by atoms with Crippen molar-refractivity contribution in [2.75, 3.05) is 26.8 Å². The number of hydrogen-bond donors (Lipinski definition) is 0. The maximum atomic E-state index is 13.0. The number of ether oxygens (including phenoxy) is 1. The lowest BCUT2D eigenvalue weighted by Crippen LogP contribution is -2.32. The highest BCUT2D eigenvalue weighted by molar-refractivity contribution is 7.89. The van der Waals surface area contributed by atoms with Crippen molar-refractivity contribution in [2.24, 2.45) is 4.99 Å². The largest absolute Gasteiger partial charge is 0.383 e. The molecular weight excluding hydrogens is 498 g/mol. The van der Waals surface area contributed by atoms with Gasteiger partial charge in [-0.2, -0.15) is 19.8 Å². The molecule has 0 spiro atoms. The van der Waals surface area contributed by atoms with Crippen molar-refractivity contribution in [2.45, 2.75) is 38.1 Å². The molecule has 36 heavy (non-hydrogen) atoms. The summed E-state index contributed by atoms with van der Waals surface area (Å²) in [6, 6.07) is 13.5. The maximum Gasteiger partial charge on any atom is 0.279 e. The van der Waals surface area contributed by atoms with Gasteiger partial charge in [-0.05, 0) is 61.4 Å². The number of hydrogen-bond acceptors (Lipinski definition) is 7. The Morgan fingerprint density at radius 2 is 1.69 bits per heavy atom. The van der Waals surface area contributed by atoms with Crippen LogP contribution in [0.2, 0.25) is 0 Å². The first-order chi connectivity index (χ1) is 17.2. The van der Waals surface area contributed by atoms with Crippen LogP contribution in [0.3, 0.4) is 0 Å². The molecule has 3 rings (SSSR count). The van der Waals surface area contributed by atoms with Crippen LogP contribution in [0.1, 0.15) is 34.3 Å². The highest BCUT2D eigenvalue weighted by Crippen LogP contribution is 2.22. The Hall–Kier alpha value is -3.35. The van der Waals surface area contributed by atoms with Crippen LogP contribution in [0, 0.1) is 36.5 Å². The quantitative estimate of drug-likeness (QED) is 0.398. The van der Waals surface area contributed by atoms with Crippen LogP contribution in [-0.2, 0) is 21.3 Å². The van der Waals surface area contributed by atoms with Gasteiger partial charge in [0.25, 0.3) is 5.91 Å². The number of rotatable bonds is 10. The normalized spacial score (nSPS) is 12.1. The molecule has 1 amide bonds. The molecule has 0 fully saturated rings. The van der Waals surface area contributed by atoms with Crippen LogP contribution in [0.25, 0.3) is 10.2 Å². The Bertz CT molecular complexity index is 1490. The van der Waals surface area contributed by atoms with E-state index in [-0.39, 0.29) is 36.4 Å². The number of aromatic nitrogens is 1. The van der Waals surface area contributed by atoms with Crippen molar-refractivity contribution in [3.05, 3.63) is 57.9 Å². The van der Waals surface area contributed by atoms with E-state index in [2.05, 4.69) is 17.1 Å². The molecular formula is C25H27N5O4S2. The monoisotopic (exact) mass is 525 g/mol. The van der Waals surface area contributed by atoms with Crippen LogP contribution >= 0.6 is 11.3 Å². The van der Waals surface area contributed by atoms with E-state index in [9.17, 15) is 13.2 Å². The lowest BCUT2D eigenvalue weighted by atomic mass is 10.1. The van der Waals surface area contributed by atoms with Crippen LogP contribution in [0.15, 0.2) is 46.3 Å². The zero-order valence-electron chi connectivity index (χ0n) is 20.4. The summed E-state index contributed by atoms with van der Waals surface area (Å²) in [5, 5.41) is 17.7. The molecule has 1 aromatic heterocycles. The fourth-order valence-electron chi connectivity index (χ4n) is 3.58. The highest BCUT2D eigenvalue weighted by Gasteiger charge is 2.24. The van der Waals surface area contributed by atoms with Crippen LogP contribution in [-0.4, -0.2) is 50.0 Å². The lowest BCUT2D eigenvalue weighted by molar-refractivity contribution is 0.0997. The number of carbonyl (C=O) groups is 1. The number of carbonyl (C=O) groups excluding carboxylic acids is 1. The Kier molecular flexibility index (Phi) is 9.13. The number of thiazole rings is 1. The first-order valence-electron chi connectivity index (χ1n) is 11.3. The number of amides is 1. The first kappa shape index (κ1) is 27.2. The molecule has 0 aliphatic rings. The van der Waals surface area contributed by atoms with Gasteiger partial charge in [-0.15, -0.1) is 0 Å². The average molecular weight is 526 g/mol. The van der Waals surface area contributed by atoms with Gasteiger partial charge in [0, 0.05) is 45.1 Å². The van der Waals surface area contributed by atoms with Crippen molar-refractivity contribution in [1.29, 1.82) is 10.5 Å². The predicted molar refractivity (Wildman–Crippen MR) is 137 cm³/mol. The molecule has 0 bridgehead atoms. The minimum atomic E-state index is -3.92. The van der Waals surface area contributed by atoms with Crippen molar-refractivity contribution in [3.63, 3.8) is 0 Å². The second-order valence-corrected chi connectivity index (χ2v) is 11.0. The average Bonchev–Trinajstić information content (AvgIpc) is 3.18. The third kappa shape index (κ3) is 6.07. The Morgan fingerprint density at radius 1 is 1.08 bits per heavy atom. The van der Waals surface area contributed by atoms with Crippen molar-refractivity contribution < 1.29 is 17.9 Å². The predicted octanol–water partition coefficient (Wildman–Crippen LogP) is 3.53. The van der Waals surface area contributed by atoms with Gasteiger partial charge in [-0.3, -0.25) is 4.79 Å². The van der Waals surface area contributed by atoms with Crippen molar-refractivity contribution in [3.8, 4) is 12.1 Å². The maximum absolute atomic E-state index is 13.0. The molecule has 11 heteroatoms. The summed E-state index contributed by atoms with van der Waals surface area (Å²) in [6.07, 6.45) is 0.0226. The van der Waals surface area contributed by atoms with Gasteiger partial charge in [-0.1, -0.05) is 11.3 Å². The summed E-state index contributed by atoms with van der Waals surface area (Å²) in [6.45, 7) is 5.04. The van der Waals surface area contributed by atoms with E-state index in [0.29, 0.717) is 18.0 Å². The molecule has 0 N–H and O–H groups in total. The Labute approximate surface area is 214 Å². The van der Waals surface area contributed by atoms with E-state index in [4.69, 9.17) is 15.3 Å². The fourth-order valence-corrected chi connectivity index (χ4v) is 6.15. The van der Waals surface area contributed by atoms with Gasteiger partial charge in [0.2, 0.25) is 10.0 Å². The summed E-state index contributed by atoms with van der Waals surface area (Å²) < 4.78 is 35.3. The third-order valence-corrected chi connectivity index (χ3v) is 8.65. The van der Waals surface area contributed by atoms with Gasteiger partial charge in [-0.25, -0.2) is 8.42 Å². The Morgan fingerprint density at radius 3 is 2.28 bits per heavy atom. The molecule has 0 unspecified atom stereocenters. The zero-order valence-corrected chi connectivity index (χ0v) is 22.0. The fraction of sp³-hybridized carbons (Fsp3) is 0.360. The lowest BCUT2D eigenvalue weighted by Gasteiger charge is -2.20. The summed E-state index contributed by atoms with van der Waals surface area (Å²) in [5.41, 5.74) is 3.51. The smallest absolute Gasteiger partial charge is 0.279 e. The number of nitrogens with zero attached hydrogens (tertiary/aromatic N) is 5. The number of aryl methyl sites for hydroxylation is 2. The second kappa shape index (κ2) is 12.1. The highest BCUT2D eigenvalue weighted by atomic mass is 32.2. The number of fused-ring (bicyclic) bond motifs is 1. The van der Waals surface area contributed by atoms with Crippen LogP contribution < -0.4 is 4.80 Å². The standard InChI is InChI=1S/C25H27N5O4S2/c1-18-16-22-23(17-19(18)2)35-25(30(22)14-15-34-3)28-24(31)20-6-8-21(9-7-20)36(32,33)29(12-4-10-26)13-5-11-27/h6-9,16-17H,4-5,12-15H2,1-3H3. The summed E-state index contributed by atoms with van der Waals surface area (Å²) in [5.74, 6) is -0.490. The summed E-state index contributed by atoms with van der Waals surface area (Å²) >= 11 is 1.41. The molecule has 0 radical (unpaired) electrons. The van der Waals surface area contributed by atoms with E-state index >= 15 is 0 Å². The summed E-state index contributed by atoms with van der Waals surface area (Å²) in [7, 11) is -2.30. The van der Waals surface area contributed by atoms with E-state index in [0.717, 1.165) is 25.6 Å². The van der Waals surface area contributed by atoms with Gasteiger partial charge in [0.1, 0.15) is 0 Å². The number of benzene rings is 2. The van der Waals surface area contributed by atoms with Gasteiger partial charge in [0.05, 0.1) is 33.9 Å². The van der Waals surface area contributed by atoms with E-state index in [1.54, 1.807) is 7.11 Å². The molecule has 3 aromatic rings. The molecule has 2 aromatic carbocycles. The van der Waals surface area contributed by atoms with Crippen LogP contribution in [0.5, 0.6) is 0 Å². The Balaban J connectivity index is 1.95. The molecule has 0 saturated carbocycles. The topological polar surface area (TPSA) is 129 Å². The number of sulfonamides is 1. The van der Waals surface area contributed by atoms with Crippen LogP contribution in [0.4, 0.5) is 0 Å². The van der Waals surface area contributed by atoms with Crippen molar-refractivity contribution in [1.82, 2.24) is 8.87 Å². The third-order valence-electron chi connectivity index (χ3n) is 5.70. The molecule has 188 valence electrons. The molecule has 1 heterocycles. The second-order valence-electron chi connectivity index (χ2n) is 8.09. The number of methoxy groups -OCH3 is 1. The van der Waals surface area contributed by atoms with E-state index in [1.165, 1.54) is 35.6 Å². The summed E-state index contributed by atoms with van der Waals surface area (Å²) in [4.78, 5) is 17.9. The minimum Gasteiger partial charge on any atom is -0.383 e. The molecule has 9 nitrogen and oxygen atoms in total. The van der Waals surface area contributed by atoms with Gasteiger partial charge < -0.3 is 9.30 Å². The van der Waals surface area contributed by atoms with E-state index < -0.39 is 15.9 Å². The molecule has 0 atom stereocenters. The number of nitriles is 2. The minimum absolute atomic E-state index is 0.0110. The molecule has 0 aliphatic carbocycles. The molecule has 0 saturated heterocycles. The van der Waals surface area contributed by atoms with E-state index in [1.807, 2.05) is 30.6 Å². The SMILES string of the molecule is COCCn1c(=NC(=O)c2ccc(S(=O)(=O)N(CCC#N)CCC#N)cc2)sc2cc(C)c(C)cc21.